The lowest BCUT2D eigenvalue weighted by atomic mass is 9.89. The second-order valence-corrected chi connectivity index (χ2v) is 10.1. The van der Waals surface area contributed by atoms with Crippen molar-refractivity contribution in [3.63, 3.8) is 0 Å². The van der Waals surface area contributed by atoms with Gasteiger partial charge in [0, 0.05) is 18.0 Å². The van der Waals surface area contributed by atoms with Gasteiger partial charge in [-0.3, -0.25) is 9.69 Å². The topological polar surface area (TPSA) is 69.2 Å². The van der Waals surface area contributed by atoms with Crippen molar-refractivity contribution in [1.29, 1.82) is 0 Å². The van der Waals surface area contributed by atoms with Crippen molar-refractivity contribution >= 4 is 21.6 Å². The predicted octanol–water partition coefficient (Wildman–Crippen LogP) is 4.30. The van der Waals surface area contributed by atoms with Gasteiger partial charge in [-0.25, -0.2) is 4.98 Å². The third-order valence-corrected chi connectivity index (χ3v) is 6.97. The van der Waals surface area contributed by atoms with Crippen LogP contribution >= 0.6 is 11.3 Å². The van der Waals surface area contributed by atoms with E-state index in [-0.39, 0.29) is 5.56 Å². The zero-order chi connectivity index (χ0) is 21.3. The standard InChI is InChI=1S/C24H31N3O2S/c1-15(2)12-27(13-19(28)17-7-5-4-6-8-17)14-21-25-23(29)22-18-10-9-16(3)11-20(18)30-24(22)26-21/h4-8,15-16,19,28H,9-14H2,1-3H3,(H,25,26,29). The van der Waals surface area contributed by atoms with Crippen LogP contribution in [0.1, 0.15) is 55.1 Å². The van der Waals surface area contributed by atoms with E-state index < -0.39 is 6.10 Å². The first-order valence-corrected chi connectivity index (χ1v) is 11.7. The monoisotopic (exact) mass is 425 g/mol. The molecular weight excluding hydrogens is 394 g/mol. The zero-order valence-electron chi connectivity index (χ0n) is 18.0. The predicted molar refractivity (Wildman–Crippen MR) is 123 cm³/mol. The Morgan fingerprint density at radius 2 is 2.03 bits per heavy atom. The molecule has 4 rings (SSSR count). The number of thiophene rings is 1. The number of rotatable bonds is 7. The van der Waals surface area contributed by atoms with Crippen LogP contribution in [-0.4, -0.2) is 33.1 Å². The lowest BCUT2D eigenvalue weighted by molar-refractivity contribution is 0.100. The fourth-order valence-corrected chi connectivity index (χ4v) is 5.83. The molecule has 1 aliphatic carbocycles. The number of aryl methyl sites for hydroxylation is 1. The third-order valence-electron chi connectivity index (χ3n) is 5.83. The lowest BCUT2D eigenvalue weighted by Gasteiger charge is -2.26. The van der Waals surface area contributed by atoms with E-state index >= 15 is 0 Å². The highest BCUT2D eigenvalue weighted by Crippen LogP contribution is 2.35. The van der Waals surface area contributed by atoms with E-state index in [4.69, 9.17) is 4.98 Å². The van der Waals surface area contributed by atoms with Gasteiger partial charge in [0.25, 0.3) is 5.56 Å². The van der Waals surface area contributed by atoms with Crippen molar-refractivity contribution in [3.05, 3.63) is 62.5 Å². The first-order valence-electron chi connectivity index (χ1n) is 10.9. The van der Waals surface area contributed by atoms with E-state index in [2.05, 4.69) is 30.7 Å². The van der Waals surface area contributed by atoms with Crippen LogP contribution in [0.15, 0.2) is 35.1 Å². The van der Waals surface area contributed by atoms with Crippen LogP contribution < -0.4 is 5.56 Å². The highest BCUT2D eigenvalue weighted by atomic mass is 32.1. The molecule has 0 bridgehead atoms. The van der Waals surface area contributed by atoms with E-state index in [1.807, 2.05) is 30.3 Å². The molecular formula is C24H31N3O2S. The van der Waals surface area contributed by atoms with Crippen LogP contribution in [-0.2, 0) is 19.4 Å². The molecule has 5 nitrogen and oxygen atoms in total. The third kappa shape index (κ3) is 4.66. The largest absolute Gasteiger partial charge is 0.387 e. The van der Waals surface area contributed by atoms with Crippen LogP contribution in [0.4, 0.5) is 0 Å². The summed E-state index contributed by atoms with van der Waals surface area (Å²) in [5.41, 5.74) is 2.10. The molecule has 2 N–H and O–H groups in total. The molecule has 2 atom stereocenters. The fraction of sp³-hybridized carbons (Fsp3) is 0.500. The number of fused-ring (bicyclic) bond motifs is 3. The maximum Gasteiger partial charge on any atom is 0.259 e. The molecule has 3 aromatic rings. The molecule has 0 amide bonds. The normalized spacial score (nSPS) is 17.6. The maximum atomic E-state index is 12.9. The number of nitrogens with one attached hydrogen (secondary N) is 1. The van der Waals surface area contributed by atoms with Gasteiger partial charge in [0.1, 0.15) is 10.7 Å². The number of benzene rings is 1. The minimum atomic E-state index is -0.573. The molecule has 1 aliphatic rings. The molecule has 2 heterocycles. The summed E-state index contributed by atoms with van der Waals surface area (Å²) >= 11 is 1.68. The Bertz CT molecular complexity index is 1060. The van der Waals surface area contributed by atoms with E-state index in [1.54, 1.807) is 11.3 Å². The highest BCUT2D eigenvalue weighted by Gasteiger charge is 2.23. The first-order chi connectivity index (χ1) is 14.4. The highest BCUT2D eigenvalue weighted by molar-refractivity contribution is 7.18. The van der Waals surface area contributed by atoms with Gasteiger partial charge in [-0.1, -0.05) is 51.1 Å². The van der Waals surface area contributed by atoms with Gasteiger partial charge < -0.3 is 10.1 Å². The second-order valence-electron chi connectivity index (χ2n) is 9.06. The molecule has 30 heavy (non-hydrogen) atoms. The van der Waals surface area contributed by atoms with Crippen molar-refractivity contribution < 1.29 is 5.11 Å². The Morgan fingerprint density at radius 1 is 1.27 bits per heavy atom. The minimum absolute atomic E-state index is 0.0184. The summed E-state index contributed by atoms with van der Waals surface area (Å²) in [4.78, 5) is 25.1. The molecule has 6 heteroatoms. The number of hydrogen-bond donors (Lipinski definition) is 2. The van der Waals surface area contributed by atoms with Crippen LogP contribution in [0.5, 0.6) is 0 Å². The quantitative estimate of drug-likeness (QED) is 0.592. The van der Waals surface area contributed by atoms with Crippen molar-refractivity contribution in [1.82, 2.24) is 14.9 Å². The van der Waals surface area contributed by atoms with Gasteiger partial charge >= 0.3 is 0 Å². The Morgan fingerprint density at radius 3 is 2.77 bits per heavy atom. The Labute approximate surface area is 181 Å². The maximum absolute atomic E-state index is 12.9. The smallest absolute Gasteiger partial charge is 0.259 e. The molecule has 0 spiro atoms. The SMILES string of the molecule is CC(C)CN(Cc1nc2sc3c(c2c(=O)[nH]1)CCC(C)C3)CC(O)c1ccccc1. The molecule has 0 aliphatic heterocycles. The Kier molecular flexibility index (Phi) is 6.37. The second kappa shape index (κ2) is 9.00. The Hall–Kier alpha value is -2.02. The number of hydrogen-bond acceptors (Lipinski definition) is 5. The molecule has 0 saturated carbocycles. The van der Waals surface area contributed by atoms with Gasteiger partial charge in [0.2, 0.25) is 0 Å². The van der Waals surface area contributed by atoms with Gasteiger partial charge in [0.05, 0.1) is 18.0 Å². The molecule has 2 aromatic heterocycles. The van der Waals surface area contributed by atoms with Gasteiger partial charge in [-0.2, -0.15) is 0 Å². The van der Waals surface area contributed by atoms with Crippen molar-refractivity contribution in [2.24, 2.45) is 11.8 Å². The molecule has 0 fully saturated rings. The van der Waals surface area contributed by atoms with Crippen molar-refractivity contribution in [2.45, 2.75) is 52.7 Å². The number of aromatic nitrogens is 2. The summed E-state index contributed by atoms with van der Waals surface area (Å²) < 4.78 is 0. The van der Waals surface area contributed by atoms with Crippen LogP contribution in [0.3, 0.4) is 0 Å². The molecule has 160 valence electrons. The summed E-state index contributed by atoms with van der Waals surface area (Å²) in [5.74, 6) is 1.80. The first kappa shape index (κ1) is 21.2. The number of aliphatic hydroxyl groups excluding tert-OH is 1. The molecule has 2 unspecified atom stereocenters. The summed E-state index contributed by atoms with van der Waals surface area (Å²) in [6, 6.07) is 9.73. The van der Waals surface area contributed by atoms with Crippen molar-refractivity contribution in [2.75, 3.05) is 13.1 Å². The van der Waals surface area contributed by atoms with E-state index in [0.29, 0.717) is 30.7 Å². The van der Waals surface area contributed by atoms with E-state index in [0.717, 1.165) is 41.6 Å². The summed E-state index contributed by atoms with van der Waals surface area (Å²) in [6.07, 6.45) is 2.59. The number of aliphatic hydroxyl groups is 1. The fourth-order valence-electron chi connectivity index (χ4n) is 4.43. The molecule has 1 aromatic carbocycles. The van der Waals surface area contributed by atoms with Crippen LogP contribution in [0.25, 0.3) is 10.2 Å². The summed E-state index contributed by atoms with van der Waals surface area (Å²) in [5, 5.41) is 11.5. The van der Waals surface area contributed by atoms with E-state index in [9.17, 15) is 9.90 Å². The molecule has 0 radical (unpaired) electrons. The number of H-pyrrole nitrogens is 1. The van der Waals surface area contributed by atoms with Crippen molar-refractivity contribution in [3.8, 4) is 0 Å². The van der Waals surface area contributed by atoms with Gasteiger partial charge in [-0.05, 0) is 42.2 Å². The minimum Gasteiger partial charge on any atom is -0.387 e. The van der Waals surface area contributed by atoms with E-state index in [1.165, 1.54) is 10.4 Å². The number of nitrogens with zero attached hydrogens (tertiary/aromatic N) is 2. The Balaban J connectivity index is 1.58. The van der Waals surface area contributed by atoms with Gasteiger partial charge in [-0.15, -0.1) is 11.3 Å². The molecule has 0 saturated heterocycles. The van der Waals surface area contributed by atoms with Crippen LogP contribution in [0, 0.1) is 11.8 Å². The van der Waals surface area contributed by atoms with Gasteiger partial charge in [0.15, 0.2) is 0 Å². The average Bonchev–Trinajstić information content (AvgIpc) is 3.05. The van der Waals surface area contributed by atoms with Crippen LogP contribution in [0.2, 0.25) is 0 Å². The average molecular weight is 426 g/mol. The number of aromatic amines is 1. The summed E-state index contributed by atoms with van der Waals surface area (Å²) in [7, 11) is 0. The summed E-state index contributed by atoms with van der Waals surface area (Å²) in [6.45, 7) is 8.45. The lowest BCUT2D eigenvalue weighted by Crippen LogP contribution is -2.33. The zero-order valence-corrected chi connectivity index (χ0v) is 18.8.